The highest BCUT2D eigenvalue weighted by molar-refractivity contribution is 6.05. The lowest BCUT2D eigenvalue weighted by atomic mass is 10.2. The average molecular weight is 497 g/mol. The number of nitrogens with zero attached hydrogens (tertiary/aromatic N) is 2. The molecule has 0 fully saturated rings. The van der Waals surface area contributed by atoms with E-state index in [0.29, 0.717) is 12.1 Å². The van der Waals surface area contributed by atoms with Crippen molar-refractivity contribution >= 4 is 17.7 Å². The molecule has 0 radical (unpaired) electrons. The third-order valence-electron chi connectivity index (χ3n) is 4.13. The van der Waals surface area contributed by atoms with Crippen LogP contribution in [0.1, 0.15) is 37.0 Å². The molecule has 0 spiro atoms. The normalized spacial score (nSPS) is 9.93. The van der Waals surface area contributed by atoms with Gasteiger partial charge in [-0.3, -0.25) is 4.79 Å². The number of pyridine rings is 1. The van der Waals surface area contributed by atoms with Crippen molar-refractivity contribution in [3.05, 3.63) is 60.4 Å². The number of amides is 2. The molecule has 1 aromatic heterocycles. The number of alkyl carbamates (subject to hydrolysis) is 1. The molecule has 2 rings (SSSR count). The van der Waals surface area contributed by atoms with Gasteiger partial charge in [-0.25, -0.2) is 9.36 Å². The Kier molecular flexibility index (Phi) is 11.2. The summed E-state index contributed by atoms with van der Waals surface area (Å²) in [4.78, 5) is 26.4. The minimum Gasteiger partial charge on any atom is -1.00 e. The van der Waals surface area contributed by atoms with E-state index in [-0.39, 0.29) is 43.0 Å². The van der Waals surface area contributed by atoms with E-state index in [9.17, 15) is 9.59 Å². The largest absolute Gasteiger partial charge is 1.00 e. The number of anilines is 1. The van der Waals surface area contributed by atoms with Gasteiger partial charge in [0.1, 0.15) is 18.7 Å². The molecule has 0 aliphatic carbocycles. The van der Waals surface area contributed by atoms with E-state index < -0.39 is 6.09 Å². The van der Waals surface area contributed by atoms with E-state index in [1.54, 1.807) is 11.0 Å². The molecule has 2 aromatic rings. The number of rotatable bonds is 9. The first kappa shape index (κ1) is 23.9. The van der Waals surface area contributed by atoms with Gasteiger partial charge in [-0.05, 0) is 31.5 Å². The third-order valence-corrected chi connectivity index (χ3v) is 4.13. The van der Waals surface area contributed by atoms with Crippen molar-refractivity contribution in [1.29, 1.82) is 0 Å². The minimum absolute atomic E-state index is 0. The van der Waals surface area contributed by atoms with Crippen LogP contribution in [0.25, 0.3) is 0 Å². The number of nitrogens with one attached hydrogen (secondary N) is 1. The summed E-state index contributed by atoms with van der Waals surface area (Å²) in [6.45, 7) is 5.87. The maximum Gasteiger partial charge on any atom is 0.407 e. The molecule has 0 saturated carbocycles. The van der Waals surface area contributed by atoms with E-state index in [0.717, 1.165) is 25.1 Å². The zero-order valence-electron chi connectivity index (χ0n) is 16.4. The van der Waals surface area contributed by atoms with Crippen molar-refractivity contribution < 1.29 is 42.9 Å². The summed E-state index contributed by atoms with van der Waals surface area (Å²) in [6.07, 6.45) is 5.22. The lowest BCUT2D eigenvalue weighted by Crippen LogP contribution is -3.00. The molecular weight excluding hydrogens is 469 g/mol. The van der Waals surface area contributed by atoms with Gasteiger partial charge in [0.05, 0.1) is 6.54 Å². The van der Waals surface area contributed by atoms with Crippen LogP contribution in [0.3, 0.4) is 0 Å². The summed E-state index contributed by atoms with van der Waals surface area (Å²) in [5.74, 6) is -0.126. The number of unbranched alkanes of at least 4 members (excludes halogenated alkanes) is 1. The second-order valence-electron chi connectivity index (χ2n) is 6.13. The fourth-order valence-corrected chi connectivity index (χ4v) is 2.60. The summed E-state index contributed by atoms with van der Waals surface area (Å²) < 4.78 is 7.17. The Balaban J connectivity index is 0.00000392. The quantitative estimate of drug-likeness (QED) is 0.306. The topological polar surface area (TPSA) is 62.5 Å². The van der Waals surface area contributed by atoms with Gasteiger partial charge in [-0.15, -0.1) is 0 Å². The summed E-state index contributed by atoms with van der Waals surface area (Å²) >= 11 is 0. The highest BCUT2D eigenvalue weighted by Gasteiger charge is 2.20. The van der Waals surface area contributed by atoms with Gasteiger partial charge in [0, 0.05) is 18.3 Å². The number of carbonyl (C=O) groups is 2. The molecule has 6 nitrogen and oxygen atoms in total. The Morgan fingerprint density at radius 2 is 1.86 bits per heavy atom. The highest BCUT2D eigenvalue weighted by atomic mass is 127. The number of hydrogen-bond acceptors (Lipinski definition) is 3. The van der Waals surface area contributed by atoms with Crippen molar-refractivity contribution in [1.82, 2.24) is 5.32 Å². The molecule has 152 valence electrons. The monoisotopic (exact) mass is 497 g/mol. The number of aromatic nitrogens is 1. The summed E-state index contributed by atoms with van der Waals surface area (Å²) in [5.41, 5.74) is 1.36. The molecule has 28 heavy (non-hydrogen) atoms. The van der Waals surface area contributed by atoms with Gasteiger partial charge in [0.15, 0.2) is 12.4 Å². The molecule has 0 aliphatic rings. The van der Waals surface area contributed by atoms with E-state index in [1.165, 1.54) is 0 Å². The number of aryl methyl sites for hydroxylation is 1. The average Bonchev–Trinajstić information content (AvgIpc) is 2.71. The molecule has 0 atom stereocenters. The Morgan fingerprint density at radius 3 is 2.54 bits per heavy atom. The van der Waals surface area contributed by atoms with E-state index in [4.69, 9.17) is 4.74 Å². The molecule has 0 aliphatic heterocycles. The maximum absolute atomic E-state index is 13.1. The molecule has 0 unspecified atom stereocenters. The zero-order valence-corrected chi connectivity index (χ0v) is 18.6. The second-order valence-corrected chi connectivity index (χ2v) is 6.13. The lowest BCUT2D eigenvalue weighted by Gasteiger charge is -2.22. The van der Waals surface area contributed by atoms with Crippen LogP contribution in [-0.2, 0) is 11.3 Å². The van der Waals surface area contributed by atoms with Crippen molar-refractivity contribution in [2.45, 2.75) is 33.2 Å². The van der Waals surface area contributed by atoms with Crippen LogP contribution in [0.15, 0.2) is 54.9 Å². The number of halogens is 1. The smallest absolute Gasteiger partial charge is 0.407 e. The van der Waals surface area contributed by atoms with Crippen molar-refractivity contribution in [2.75, 3.05) is 24.6 Å². The molecule has 1 aromatic carbocycles. The first-order chi connectivity index (χ1) is 13.2. The van der Waals surface area contributed by atoms with Crippen LogP contribution >= 0.6 is 0 Å². The Labute approximate surface area is 183 Å². The Morgan fingerprint density at radius 1 is 1.11 bits per heavy atom. The summed E-state index contributed by atoms with van der Waals surface area (Å²) in [7, 11) is 0. The van der Waals surface area contributed by atoms with Gasteiger partial charge in [0.2, 0.25) is 0 Å². The molecule has 7 heteroatoms. The standard InChI is InChI=1S/C21H27N3O3.HI/c1-3-5-13-22-21(26)27-16-15-24(19-11-7-6-8-12-19)20(25)18-10-9-14-23(4-2)17-18;/h6-12,14,17H,3-5,13,15-16H2,1-2H3;1H. The van der Waals surface area contributed by atoms with Crippen molar-refractivity contribution in [3.63, 3.8) is 0 Å². The van der Waals surface area contributed by atoms with Crippen molar-refractivity contribution in [3.8, 4) is 0 Å². The van der Waals surface area contributed by atoms with Crippen LogP contribution in [0, 0.1) is 0 Å². The van der Waals surface area contributed by atoms with Gasteiger partial charge < -0.3 is 38.9 Å². The zero-order chi connectivity index (χ0) is 19.5. The summed E-state index contributed by atoms with van der Waals surface area (Å²) in [5, 5.41) is 2.71. The SMILES string of the molecule is CCCCNC(=O)OCCN(C(=O)c1ccc[n+](CC)c1)c1ccccc1.[I-]. The number of para-hydroxylation sites is 1. The number of benzene rings is 1. The van der Waals surface area contributed by atoms with Crippen LogP contribution in [0.4, 0.5) is 10.5 Å². The Bertz CT molecular complexity index is 741. The van der Waals surface area contributed by atoms with Gasteiger partial charge in [0.25, 0.3) is 5.91 Å². The molecule has 0 bridgehead atoms. The van der Waals surface area contributed by atoms with Crippen molar-refractivity contribution in [2.24, 2.45) is 0 Å². The molecular formula is C21H28IN3O3. The van der Waals surface area contributed by atoms with Gasteiger partial charge in [-0.2, -0.15) is 0 Å². The predicted octanol–water partition coefficient (Wildman–Crippen LogP) is 0.171. The molecule has 1 heterocycles. The first-order valence-corrected chi connectivity index (χ1v) is 9.42. The Hall–Kier alpha value is -2.16. The van der Waals surface area contributed by atoms with E-state index in [2.05, 4.69) is 12.2 Å². The van der Waals surface area contributed by atoms with E-state index in [1.807, 2.05) is 60.3 Å². The fourth-order valence-electron chi connectivity index (χ4n) is 2.60. The first-order valence-electron chi connectivity index (χ1n) is 9.42. The van der Waals surface area contributed by atoms with Crippen LogP contribution < -0.4 is 38.8 Å². The number of carbonyl (C=O) groups excluding carboxylic acids is 2. The van der Waals surface area contributed by atoms with Gasteiger partial charge >= 0.3 is 6.09 Å². The highest BCUT2D eigenvalue weighted by Crippen LogP contribution is 2.16. The third kappa shape index (κ3) is 7.46. The predicted molar refractivity (Wildman–Crippen MR) is 105 cm³/mol. The molecule has 0 saturated heterocycles. The minimum atomic E-state index is -0.451. The number of hydrogen-bond donors (Lipinski definition) is 1. The van der Waals surface area contributed by atoms with Crippen LogP contribution in [0.2, 0.25) is 0 Å². The van der Waals surface area contributed by atoms with E-state index >= 15 is 0 Å². The number of ether oxygens (including phenoxy) is 1. The fraction of sp³-hybridized carbons (Fsp3) is 0.381. The molecule has 2 amide bonds. The second kappa shape index (κ2) is 13.1. The lowest BCUT2D eigenvalue weighted by molar-refractivity contribution is -0.693. The van der Waals surface area contributed by atoms with Gasteiger partial charge in [-0.1, -0.05) is 31.5 Å². The van der Waals surface area contributed by atoms with Crippen LogP contribution in [0.5, 0.6) is 0 Å². The van der Waals surface area contributed by atoms with Crippen LogP contribution in [-0.4, -0.2) is 31.7 Å². The molecule has 1 N–H and O–H groups in total. The maximum atomic E-state index is 13.1. The summed E-state index contributed by atoms with van der Waals surface area (Å²) in [6, 6.07) is 13.1.